The highest BCUT2D eigenvalue weighted by molar-refractivity contribution is 6.16. The highest BCUT2D eigenvalue weighted by atomic mass is 35.5. The first-order valence-corrected chi connectivity index (χ1v) is 7.57. The Kier molecular flexibility index (Phi) is 3.68. The summed E-state index contributed by atoms with van der Waals surface area (Å²) in [6, 6.07) is 4.11. The van der Waals surface area contributed by atoms with E-state index in [2.05, 4.69) is 32.6 Å². The fourth-order valence-electron chi connectivity index (χ4n) is 2.53. The molecular weight excluding hydrogens is 286 g/mol. The summed E-state index contributed by atoms with van der Waals surface area (Å²) >= 11 is 6.07. The topological polar surface area (TPSA) is 48.5 Å². The van der Waals surface area contributed by atoms with E-state index in [9.17, 15) is 0 Å². The summed E-state index contributed by atoms with van der Waals surface area (Å²) < 4.78 is 4.12. The Morgan fingerprint density at radius 1 is 1.24 bits per heavy atom. The number of alkyl halides is 1. The molecule has 0 unspecified atom stereocenters. The number of hydrogen-bond donors (Lipinski definition) is 0. The van der Waals surface area contributed by atoms with Crippen LogP contribution in [0.5, 0.6) is 0 Å². The Labute approximate surface area is 128 Å². The lowest BCUT2D eigenvalue weighted by Crippen LogP contribution is -2.09. The predicted octanol–water partition coefficient (Wildman–Crippen LogP) is 3.05. The zero-order valence-electron chi connectivity index (χ0n) is 12.5. The van der Waals surface area contributed by atoms with E-state index in [0.29, 0.717) is 12.4 Å². The summed E-state index contributed by atoms with van der Waals surface area (Å²) in [5.74, 6) is 1.26. The minimum Gasteiger partial charge on any atom is -0.307 e. The number of aromatic nitrogens is 5. The van der Waals surface area contributed by atoms with E-state index < -0.39 is 0 Å². The van der Waals surface area contributed by atoms with Crippen LogP contribution in [0, 0.1) is 13.8 Å². The van der Waals surface area contributed by atoms with Crippen LogP contribution in [0.1, 0.15) is 29.7 Å². The summed E-state index contributed by atoms with van der Waals surface area (Å²) in [7, 11) is 0. The second-order valence-corrected chi connectivity index (χ2v) is 5.40. The zero-order chi connectivity index (χ0) is 15.0. The number of pyridine rings is 1. The van der Waals surface area contributed by atoms with Crippen molar-refractivity contribution in [2.75, 3.05) is 0 Å². The van der Waals surface area contributed by atoms with Gasteiger partial charge < -0.3 is 4.57 Å². The van der Waals surface area contributed by atoms with Crippen molar-refractivity contribution in [1.29, 1.82) is 0 Å². The molecule has 5 nitrogen and oxygen atoms in total. The number of nitrogens with zero attached hydrogens (tertiary/aromatic N) is 5. The van der Waals surface area contributed by atoms with Gasteiger partial charge in [0.25, 0.3) is 0 Å². The summed E-state index contributed by atoms with van der Waals surface area (Å²) in [5.41, 5.74) is 5.06. The van der Waals surface area contributed by atoms with E-state index in [1.165, 1.54) is 0 Å². The van der Waals surface area contributed by atoms with Crippen molar-refractivity contribution >= 4 is 22.8 Å². The molecule has 3 heterocycles. The predicted molar refractivity (Wildman–Crippen MR) is 83.6 cm³/mol. The van der Waals surface area contributed by atoms with Gasteiger partial charge in [0.1, 0.15) is 11.3 Å². The molecule has 0 fully saturated rings. The maximum atomic E-state index is 6.07. The molecule has 0 aliphatic carbocycles. The van der Waals surface area contributed by atoms with Gasteiger partial charge in [-0.25, -0.2) is 9.67 Å². The summed E-state index contributed by atoms with van der Waals surface area (Å²) in [5, 5.41) is 4.53. The molecule has 6 heteroatoms. The van der Waals surface area contributed by atoms with Crippen molar-refractivity contribution < 1.29 is 0 Å². The number of imidazole rings is 1. The smallest absolute Gasteiger partial charge is 0.159 e. The Morgan fingerprint density at radius 2 is 2.05 bits per heavy atom. The van der Waals surface area contributed by atoms with Gasteiger partial charge in [-0.3, -0.25) is 4.98 Å². The molecule has 0 aliphatic rings. The maximum absolute atomic E-state index is 6.07. The van der Waals surface area contributed by atoms with E-state index in [0.717, 1.165) is 40.5 Å². The van der Waals surface area contributed by atoms with Crippen LogP contribution in [0.25, 0.3) is 11.2 Å². The highest BCUT2D eigenvalue weighted by Crippen LogP contribution is 2.22. The van der Waals surface area contributed by atoms with Gasteiger partial charge in [0.05, 0.1) is 18.1 Å². The molecule has 3 aromatic rings. The minimum absolute atomic E-state index is 0.386. The van der Waals surface area contributed by atoms with Crippen molar-refractivity contribution in [2.24, 2.45) is 0 Å². The van der Waals surface area contributed by atoms with E-state index in [1.54, 1.807) is 0 Å². The number of rotatable bonds is 4. The van der Waals surface area contributed by atoms with E-state index in [-0.39, 0.29) is 0 Å². The van der Waals surface area contributed by atoms with Crippen LogP contribution in [0.2, 0.25) is 0 Å². The molecule has 0 saturated carbocycles. The molecule has 110 valence electrons. The molecule has 0 spiro atoms. The molecular formula is C15H18ClN5. The molecule has 0 amide bonds. The van der Waals surface area contributed by atoms with Crippen molar-refractivity contribution in [3.8, 4) is 0 Å². The lowest BCUT2D eigenvalue weighted by molar-refractivity contribution is 0.638. The van der Waals surface area contributed by atoms with Crippen LogP contribution in [0.4, 0.5) is 0 Å². The third kappa shape index (κ3) is 2.42. The van der Waals surface area contributed by atoms with Crippen LogP contribution in [-0.2, 0) is 19.0 Å². The third-order valence-electron chi connectivity index (χ3n) is 3.61. The van der Waals surface area contributed by atoms with Crippen molar-refractivity contribution in [3.63, 3.8) is 0 Å². The lowest BCUT2D eigenvalue weighted by atomic mass is 10.2. The Balaban J connectivity index is 2.13. The standard InChI is InChI=1S/C15H18ClN5/c1-4-21-15-14(11(3)19-21)18-13(7-16)20(15)9-12-6-5-10(2)17-8-12/h5-6,8H,4,7,9H2,1-3H3. The Morgan fingerprint density at radius 3 is 2.67 bits per heavy atom. The lowest BCUT2D eigenvalue weighted by Gasteiger charge is -2.09. The summed E-state index contributed by atoms with van der Waals surface area (Å²) in [4.78, 5) is 8.99. The molecule has 21 heavy (non-hydrogen) atoms. The van der Waals surface area contributed by atoms with E-state index >= 15 is 0 Å². The minimum atomic E-state index is 0.386. The van der Waals surface area contributed by atoms with Crippen molar-refractivity contribution in [3.05, 3.63) is 41.1 Å². The molecule has 0 N–H and O–H groups in total. The normalized spacial score (nSPS) is 11.4. The molecule has 0 radical (unpaired) electrons. The van der Waals surface area contributed by atoms with Crippen LogP contribution >= 0.6 is 11.6 Å². The monoisotopic (exact) mass is 303 g/mol. The van der Waals surface area contributed by atoms with Gasteiger partial charge in [0, 0.05) is 18.4 Å². The van der Waals surface area contributed by atoms with E-state index in [4.69, 9.17) is 11.6 Å². The summed E-state index contributed by atoms with van der Waals surface area (Å²) in [6.45, 7) is 7.56. The molecule has 0 bridgehead atoms. The van der Waals surface area contributed by atoms with Crippen LogP contribution in [0.15, 0.2) is 18.3 Å². The third-order valence-corrected chi connectivity index (χ3v) is 3.85. The zero-order valence-corrected chi connectivity index (χ0v) is 13.2. The number of fused-ring (bicyclic) bond motifs is 1. The number of aryl methyl sites for hydroxylation is 3. The molecule has 3 rings (SSSR count). The van der Waals surface area contributed by atoms with Crippen molar-refractivity contribution in [2.45, 2.75) is 39.7 Å². The van der Waals surface area contributed by atoms with Crippen LogP contribution in [-0.4, -0.2) is 24.3 Å². The molecule has 0 saturated heterocycles. The van der Waals surface area contributed by atoms with Gasteiger partial charge in [-0.1, -0.05) is 6.07 Å². The van der Waals surface area contributed by atoms with Gasteiger partial charge in [0.15, 0.2) is 5.65 Å². The van der Waals surface area contributed by atoms with Gasteiger partial charge in [-0.05, 0) is 32.4 Å². The highest BCUT2D eigenvalue weighted by Gasteiger charge is 2.17. The maximum Gasteiger partial charge on any atom is 0.159 e. The fourth-order valence-corrected chi connectivity index (χ4v) is 2.74. The quantitative estimate of drug-likeness (QED) is 0.696. The molecule has 3 aromatic heterocycles. The summed E-state index contributed by atoms with van der Waals surface area (Å²) in [6.07, 6.45) is 1.90. The second kappa shape index (κ2) is 5.48. The van der Waals surface area contributed by atoms with Gasteiger partial charge in [0.2, 0.25) is 0 Å². The van der Waals surface area contributed by atoms with E-state index in [1.807, 2.05) is 30.8 Å². The number of hydrogen-bond acceptors (Lipinski definition) is 3. The number of halogens is 1. The van der Waals surface area contributed by atoms with Gasteiger partial charge in [-0.2, -0.15) is 5.10 Å². The van der Waals surface area contributed by atoms with Crippen LogP contribution < -0.4 is 0 Å². The largest absolute Gasteiger partial charge is 0.307 e. The molecule has 0 atom stereocenters. The van der Waals surface area contributed by atoms with Gasteiger partial charge >= 0.3 is 0 Å². The Bertz CT molecular complexity index is 770. The average Bonchev–Trinajstić information content (AvgIpc) is 3.00. The first kappa shape index (κ1) is 14.1. The van der Waals surface area contributed by atoms with Crippen LogP contribution in [0.3, 0.4) is 0 Å². The second-order valence-electron chi connectivity index (χ2n) is 5.13. The molecule has 0 aromatic carbocycles. The van der Waals surface area contributed by atoms with Gasteiger partial charge in [-0.15, -0.1) is 11.6 Å². The fraction of sp³-hybridized carbons (Fsp3) is 0.400. The Hall–Kier alpha value is -1.88. The average molecular weight is 304 g/mol. The molecule has 0 aliphatic heterocycles. The SMILES string of the molecule is CCn1nc(C)c2nc(CCl)n(Cc3ccc(C)nc3)c21. The first-order chi connectivity index (χ1) is 10.1. The van der Waals surface area contributed by atoms with Crippen molar-refractivity contribution in [1.82, 2.24) is 24.3 Å². The first-order valence-electron chi connectivity index (χ1n) is 7.04.